The molecule has 1 unspecified atom stereocenters. The summed E-state index contributed by atoms with van der Waals surface area (Å²) in [5.41, 5.74) is 7.42. The molecule has 2 spiro atoms. The lowest BCUT2D eigenvalue weighted by Crippen LogP contribution is -2.55. The minimum atomic E-state index is -0.946. The maximum absolute atomic E-state index is 14.2. The first kappa shape index (κ1) is 21.5. The third kappa shape index (κ3) is 3.20. The first-order chi connectivity index (χ1) is 15.0. The normalized spacial score (nSPS) is 32.5. The Hall–Kier alpha value is -1.39. The lowest BCUT2D eigenvalue weighted by Gasteiger charge is -2.45. The van der Waals surface area contributed by atoms with Crippen LogP contribution in [0.3, 0.4) is 0 Å². The van der Waals surface area contributed by atoms with Crippen molar-refractivity contribution in [3.8, 4) is 5.75 Å². The molecule has 0 aromatic heterocycles. The van der Waals surface area contributed by atoms with Crippen LogP contribution in [0.25, 0.3) is 0 Å². The molecular weight excluding hydrogens is 509 g/mol. The molecule has 8 heteroatoms. The molecule has 2 saturated carbocycles. The van der Waals surface area contributed by atoms with Gasteiger partial charge in [-0.2, -0.15) is 0 Å². The molecule has 1 aromatic carbocycles. The maximum Gasteiger partial charge on any atom is 0.262 e. The third-order valence-electron chi connectivity index (χ3n) is 7.84. The van der Waals surface area contributed by atoms with Crippen LogP contribution < -0.4 is 10.5 Å². The number of fused-ring (bicyclic) bond motifs is 3. The van der Waals surface area contributed by atoms with Gasteiger partial charge in [0.1, 0.15) is 35.4 Å². The van der Waals surface area contributed by atoms with E-state index in [0.29, 0.717) is 19.2 Å². The number of hydrogen-bond acceptors (Lipinski definition) is 6. The smallest absolute Gasteiger partial charge is 0.262 e. The van der Waals surface area contributed by atoms with Gasteiger partial charge in [-0.25, -0.2) is 4.99 Å². The van der Waals surface area contributed by atoms with Crippen molar-refractivity contribution in [1.29, 1.82) is 0 Å². The first-order valence-corrected chi connectivity index (χ1v) is 12.1. The van der Waals surface area contributed by atoms with E-state index in [0.717, 1.165) is 62.7 Å². The number of amides is 1. The molecule has 31 heavy (non-hydrogen) atoms. The highest BCUT2D eigenvalue weighted by Crippen LogP contribution is 2.62. The van der Waals surface area contributed by atoms with Crippen molar-refractivity contribution in [1.82, 2.24) is 4.90 Å². The Kier molecular flexibility index (Phi) is 5.67. The zero-order valence-electron chi connectivity index (χ0n) is 17.9. The molecule has 2 fully saturated rings. The number of ether oxygens (including phenoxy) is 2. The summed E-state index contributed by atoms with van der Waals surface area (Å²) < 4.78 is 16.6. The van der Waals surface area contributed by atoms with E-state index in [2.05, 4.69) is 6.07 Å². The Balaban J connectivity index is 1.57. The number of methoxy groups -OCH3 is 1. The molecule has 4 aliphatic rings. The minimum Gasteiger partial charge on any atom is -0.491 e. The average Bonchev–Trinajstić information content (AvgIpc) is 3.15. The number of nitrogens with zero attached hydrogens (tertiary/aromatic N) is 2. The highest BCUT2D eigenvalue weighted by Gasteiger charge is 2.67. The number of rotatable bonds is 6. The van der Waals surface area contributed by atoms with Gasteiger partial charge in [-0.1, -0.05) is 6.07 Å². The molecule has 0 bridgehead atoms. The van der Waals surface area contributed by atoms with Crippen molar-refractivity contribution >= 4 is 34.9 Å². The molecule has 168 valence electrons. The van der Waals surface area contributed by atoms with E-state index in [9.17, 15) is 4.79 Å². The van der Waals surface area contributed by atoms with Gasteiger partial charge in [0.15, 0.2) is 11.5 Å². The number of nitrogens with two attached hydrogens (primary N) is 1. The zero-order valence-corrected chi connectivity index (χ0v) is 20.1. The van der Waals surface area contributed by atoms with Crippen molar-refractivity contribution in [2.45, 2.75) is 69.1 Å². The molecule has 1 aliphatic heterocycles. The van der Waals surface area contributed by atoms with Gasteiger partial charge < -0.3 is 18.3 Å². The van der Waals surface area contributed by atoms with Crippen LogP contribution >= 0.6 is 23.0 Å². The summed E-state index contributed by atoms with van der Waals surface area (Å²) in [6.45, 7) is 0.985. The van der Waals surface area contributed by atoms with Gasteiger partial charge in [-0.15, -0.1) is 0 Å². The highest BCUT2D eigenvalue weighted by atomic mass is 127. The Morgan fingerprint density at radius 2 is 2.00 bits per heavy atom. The Labute approximate surface area is 197 Å². The molecule has 1 aromatic rings. The minimum absolute atomic E-state index is 0.0660. The van der Waals surface area contributed by atoms with Gasteiger partial charge in [0.2, 0.25) is 0 Å². The van der Waals surface area contributed by atoms with E-state index in [-0.39, 0.29) is 23.5 Å². The number of aliphatic imine (C=N–C) groups is 1. The standard InChI is InChI=1S/C23H30IN3O4/c1-29-11-12-30-18-6-5-15-14-22(9-7-17(31-24)8-10-22)23(19(15)13-18)20(28)27(21(25)26-23)16-3-2-4-16/h5-6,13,16-17H,2-4,7-12,14H2,1H3,(H2,25,26)/t17-,22-,23?. The fourth-order valence-corrected chi connectivity index (χ4v) is 6.51. The van der Waals surface area contributed by atoms with E-state index in [1.54, 1.807) is 12.0 Å². The molecule has 2 N–H and O–H groups in total. The summed E-state index contributed by atoms with van der Waals surface area (Å²) in [6.07, 6.45) is 7.89. The molecule has 3 aliphatic carbocycles. The average molecular weight is 539 g/mol. The molecule has 1 amide bonds. The number of guanidine groups is 1. The third-order valence-corrected chi connectivity index (χ3v) is 8.56. The second kappa shape index (κ2) is 8.19. The van der Waals surface area contributed by atoms with Gasteiger partial charge in [0.05, 0.1) is 12.7 Å². The molecule has 1 heterocycles. The van der Waals surface area contributed by atoms with Crippen molar-refractivity contribution in [2.24, 2.45) is 16.1 Å². The first-order valence-electron chi connectivity index (χ1n) is 11.3. The van der Waals surface area contributed by atoms with E-state index in [1.807, 2.05) is 35.1 Å². The summed E-state index contributed by atoms with van der Waals surface area (Å²) in [7, 11) is 1.66. The van der Waals surface area contributed by atoms with Crippen molar-refractivity contribution in [2.75, 3.05) is 20.3 Å². The maximum atomic E-state index is 14.2. The number of benzene rings is 1. The number of hydrogen-bond donors (Lipinski definition) is 1. The Morgan fingerprint density at radius 3 is 2.65 bits per heavy atom. The predicted octanol–water partition coefficient (Wildman–Crippen LogP) is 3.47. The van der Waals surface area contributed by atoms with Gasteiger partial charge in [0, 0.05) is 18.6 Å². The quantitative estimate of drug-likeness (QED) is 0.442. The van der Waals surface area contributed by atoms with E-state index >= 15 is 0 Å². The highest BCUT2D eigenvalue weighted by molar-refractivity contribution is 14.1. The topological polar surface area (TPSA) is 86.4 Å². The Morgan fingerprint density at radius 1 is 1.23 bits per heavy atom. The van der Waals surface area contributed by atoms with Gasteiger partial charge in [-0.3, -0.25) is 9.69 Å². The monoisotopic (exact) mass is 539 g/mol. The summed E-state index contributed by atoms with van der Waals surface area (Å²) >= 11 is 2.00. The fraction of sp³-hybridized carbons (Fsp3) is 0.652. The van der Waals surface area contributed by atoms with Crippen LogP contribution in [0.5, 0.6) is 5.75 Å². The van der Waals surface area contributed by atoms with Gasteiger partial charge in [0.25, 0.3) is 5.91 Å². The summed E-state index contributed by atoms with van der Waals surface area (Å²) in [4.78, 5) is 21.0. The molecule has 5 rings (SSSR count). The predicted molar refractivity (Wildman–Crippen MR) is 125 cm³/mol. The van der Waals surface area contributed by atoms with Crippen LogP contribution in [-0.4, -0.2) is 49.2 Å². The SMILES string of the molecule is COCCOc1ccc2c(c1)C1(N=C(N)N(C3CCC3)C1=O)[C@]1(CC[C@H](OI)CC1)C2. The lowest BCUT2D eigenvalue weighted by atomic mass is 9.61. The van der Waals surface area contributed by atoms with Crippen molar-refractivity contribution in [3.05, 3.63) is 29.3 Å². The van der Waals surface area contributed by atoms with Crippen LogP contribution in [0.4, 0.5) is 0 Å². The van der Waals surface area contributed by atoms with Crippen molar-refractivity contribution in [3.63, 3.8) is 0 Å². The zero-order chi connectivity index (χ0) is 21.6. The van der Waals surface area contributed by atoms with Crippen LogP contribution in [0.15, 0.2) is 23.2 Å². The number of halogens is 1. The second-order valence-electron chi connectivity index (χ2n) is 9.35. The fourth-order valence-electron chi connectivity index (χ4n) is 6.00. The van der Waals surface area contributed by atoms with Crippen LogP contribution in [0.2, 0.25) is 0 Å². The molecule has 1 atom stereocenters. The number of carbonyl (C=O) groups is 1. The van der Waals surface area contributed by atoms with E-state index in [4.69, 9.17) is 23.3 Å². The van der Waals surface area contributed by atoms with E-state index < -0.39 is 5.54 Å². The lowest BCUT2D eigenvalue weighted by molar-refractivity contribution is -0.140. The van der Waals surface area contributed by atoms with Crippen LogP contribution in [0, 0.1) is 5.41 Å². The Bertz CT molecular complexity index is 895. The van der Waals surface area contributed by atoms with E-state index in [1.165, 1.54) is 5.56 Å². The molecule has 7 nitrogen and oxygen atoms in total. The number of carbonyl (C=O) groups excluding carboxylic acids is 1. The van der Waals surface area contributed by atoms with Crippen LogP contribution in [0.1, 0.15) is 56.1 Å². The van der Waals surface area contributed by atoms with Crippen LogP contribution in [-0.2, 0) is 24.6 Å². The molecular formula is C23H30IN3O4. The summed E-state index contributed by atoms with van der Waals surface area (Å²) in [5, 5.41) is 0. The summed E-state index contributed by atoms with van der Waals surface area (Å²) in [5.74, 6) is 1.20. The molecule has 0 saturated heterocycles. The second-order valence-corrected chi connectivity index (χ2v) is 9.85. The molecule has 0 radical (unpaired) electrons. The summed E-state index contributed by atoms with van der Waals surface area (Å²) in [6, 6.07) is 6.32. The van der Waals surface area contributed by atoms with Gasteiger partial charge in [-0.05, 0) is 74.6 Å². The largest absolute Gasteiger partial charge is 0.491 e. The van der Waals surface area contributed by atoms with Crippen molar-refractivity contribution < 1.29 is 17.3 Å². The van der Waals surface area contributed by atoms with Gasteiger partial charge >= 0.3 is 0 Å².